The third kappa shape index (κ3) is 3.26. The molecule has 0 fully saturated rings. The smallest absolute Gasteiger partial charge is 0.248 e. The number of methoxy groups -OCH3 is 2. The summed E-state index contributed by atoms with van der Waals surface area (Å²) in [4.78, 5) is 17.1. The molecule has 1 amide bonds. The highest BCUT2D eigenvalue weighted by atomic mass is 16.5. The Bertz CT molecular complexity index is 1170. The number of aryl methyl sites for hydroxylation is 1. The molecular weight excluding hydrogens is 382 g/mol. The Morgan fingerprint density at radius 3 is 2.60 bits per heavy atom. The van der Waals surface area contributed by atoms with Gasteiger partial charge in [-0.1, -0.05) is 23.8 Å². The van der Waals surface area contributed by atoms with Crippen molar-refractivity contribution in [2.75, 3.05) is 19.5 Å². The number of fused-ring (bicyclic) bond motifs is 1. The first kappa shape index (κ1) is 19.5. The lowest BCUT2D eigenvalue weighted by molar-refractivity contribution is -0.115. The topological polar surface area (TPSA) is 104 Å². The summed E-state index contributed by atoms with van der Waals surface area (Å²) in [6.07, 6.45) is 0. The number of rotatable bonds is 5. The van der Waals surface area contributed by atoms with Crippen molar-refractivity contribution in [1.29, 1.82) is 0 Å². The molecule has 0 radical (unpaired) electrons. The van der Waals surface area contributed by atoms with Gasteiger partial charge in [0.15, 0.2) is 5.82 Å². The van der Waals surface area contributed by atoms with Gasteiger partial charge >= 0.3 is 0 Å². The number of allylic oxidation sites excluding steroid dienone is 1. The van der Waals surface area contributed by atoms with Gasteiger partial charge in [0.1, 0.15) is 17.5 Å². The number of ether oxygens (including phenoxy) is 2. The highest BCUT2D eigenvalue weighted by Crippen LogP contribution is 2.41. The predicted molar refractivity (Wildman–Crippen MR) is 113 cm³/mol. The Balaban J connectivity index is 1.94. The second kappa shape index (κ2) is 7.55. The summed E-state index contributed by atoms with van der Waals surface area (Å²) in [7, 11) is 3.16. The third-order valence-electron chi connectivity index (χ3n) is 5.13. The largest absolute Gasteiger partial charge is 0.497 e. The van der Waals surface area contributed by atoms with E-state index in [9.17, 15) is 4.79 Å². The number of hydrogen-bond donors (Lipinski definition) is 2. The SMILES string of the molecule is COc1ccc(OC)c([C@H]2C(C(N)=O)=C(C)Nc3nc(-c4cccc(C)c4)nn32)c1. The number of carbonyl (C=O) groups is 1. The summed E-state index contributed by atoms with van der Waals surface area (Å²) >= 11 is 0. The second-order valence-electron chi connectivity index (χ2n) is 7.11. The molecule has 8 heteroatoms. The number of aromatic nitrogens is 3. The molecule has 3 aromatic rings. The van der Waals surface area contributed by atoms with E-state index < -0.39 is 11.9 Å². The monoisotopic (exact) mass is 405 g/mol. The number of nitrogens with two attached hydrogens (primary N) is 1. The highest BCUT2D eigenvalue weighted by Gasteiger charge is 2.35. The molecule has 0 aliphatic carbocycles. The van der Waals surface area contributed by atoms with Crippen LogP contribution in [-0.2, 0) is 4.79 Å². The van der Waals surface area contributed by atoms with E-state index in [4.69, 9.17) is 20.3 Å². The Hall–Kier alpha value is -3.81. The lowest BCUT2D eigenvalue weighted by Crippen LogP contribution is -2.32. The fourth-order valence-corrected chi connectivity index (χ4v) is 3.72. The molecule has 154 valence electrons. The van der Waals surface area contributed by atoms with Crippen molar-refractivity contribution in [2.24, 2.45) is 5.73 Å². The van der Waals surface area contributed by atoms with Crippen LogP contribution >= 0.6 is 0 Å². The Morgan fingerprint density at radius 1 is 1.13 bits per heavy atom. The average Bonchev–Trinajstić information content (AvgIpc) is 3.15. The van der Waals surface area contributed by atoms with E-state index in [1.807, 2.05) is 37.3 Å². The minimum absolute atomic E-state index is 0.384. The molecule has 0 saturated carbocycles. The van der Waals surface area contributed by atoms with Gasteiger partial charge in [0.25, 0.3) is 0 Å². The molecule has 1 aliphatic rings. The molecule has 8 nitrogen and oxygen atoms in total. The van der Waals surface area contributed by atoms with Crippen molar-refractivity contribution < 1.29 is 14.3 Å². The Labute approximate surface area is 174 Å². The van der Waals surface area contributed by atoms with Gasteiger partial charge in [-0.3, -0.25) is 4.79 Å². The van der Waals surface area contributed by atoms with Crippen LogP contribution in [0.25, 0.3) is 11.4 Å². The molecule has 1 aromatic heterocycles. The maximum absolute atomic E-state index is 12.4. The number of hydrogen-bond acceptors (Lipinski definition) is 6. The van der Waals surface area contributed by atoms with Crippen molar-refractivity contribution in [3.63, 3.8) is 0 Å². The van der Waals surface area contributed by atoms with E-state index >= 15 is 0 Å². The van der Waals surface area contributed by atoms with Gasteiger partial charge in [-0.15, -0.1) is 5.10 Å². The molecule has 1 aliphatic heterocycles. The van der Waals surface area contributed by atoms with Crippen molar-refractivity contribution in [3.8, 4) is 22.9 Å². The number of carbonyl (C=O) groups excluding carboxylic acids is 1. The summed E-state index contributed by atoms with van der Waals surface area (Å²) in [5.74, 6) is 1.74. The number of nitrogens with one attached hydrogen (secondary N) is 1. The number of nitrogens with zero attached hydrogens (tertiary/aromatic N) is 3. The van der Waals surface area contributed by atoms with E-state index in [0.717, 1.165) is 11.1 Å². The normalized spacial score (nSPS) is 15.4. The minimum atomic E-state index is -0.616. The lowest BCUT2D eigenvalue weighted by atomic mass is 9.94. The molecule has 0 saturated heterocycles. The molecule has 2 heterocycles. The summed E-state index contributed by atoms with van der Waals surface area (Å²) in [5, 5.41) is 7.88. The van der Waals surface area contributed by atoms with Crippen LogP contribution in [0.4, 0.5) is 5.95 Å². The predicted octanol–water partition coefficient (Wildman–Crippen LogP) is 3.04. The van der Waals surface area contributed by atoms with Crippen LogP contribution in [0.3, 0.4) is 0 Å². The van der Waals surface area contributed by atoms with Crippen molar-refractivity contribution in [3.05, 3.63) is 64.9 Å². The standard InChI is InChI=1S/C22H23N5O3/c1-12-6-5-7-14(10-12)21-25-22-24-13(2)18(20(23)28)19(27(22)26-21)16-11-15(29-3)8-9-17(16)30-4/h5-11,19H,1-4H3,(H2,23,28)(H,24,25,26)/t19-/m0/s1. The van der Waals surface area contributed by atoms with Crippen LogP contribution in [0.2, 0.25) is 0 Å². The van der Waals surface area contributed by atoms with E-state index in [-0.39, 0.29) is 0 Å². The van der Waals surface area contributed by atoms with Crippen LogP contribution in [0.5, 0.6) is 11.5 Å². The first-order chi connectivity index (χ1) is 14.4. The summed E-state index contributed by atoms with van der Waals surface area (Å²) in [6.45, 7) is 3.81. The number of benzene rings is 2. The average molecular weight is 405 g/mol. The molecule has 0 unspecified atom stereocenters. The van der Waals surface area contributed by atoms with Crippen molar-refractivity contribution in [2.45, 2.75) is 19.9 Å². The molecule has 30 heavy (non-hydrogen) atoms. The maximum Gasteiger partial charge on any atom is 0.248 e. The van der Waals surface area contributed by atoms with Crippen LogP contribution in [-0.4, -0.2) is 34.9 Å². The van der Waals surface area contributed by atoms with Gasteiger partial charge in [0.05, 0.1) is 19.8 Å². The first-order valence-corrected chi connectivity index (χ1v) is 9.46. The van der Waals surface area contributed by atoms with Crippen LogP contribution < -0.4 is 20.5 Å². The highest BCUT2D eigenvalue weighted by molar-refractivity contribution is 5.95. The Morgan fingerprint density at radius 2 is 1.93 bits per heavy atom. The molecule has 0 bridgehead atoms. The van der Waals surface area contributed by atoms with E-state index in [1.54, 1.807) is 38.0 Å². The van der Waals surface area contributed by atoms with Crippen molar-refractivity contribution >= 4 is 11.9 Å². The lowest BCUT2D eigenvalue weighted by Gasteiger charge is -2.28. The van der Waals surface area contributed by atoms with E-state index in [1.165, 1.54) is 0 Å². The fourth-order valence-electron chi connectivity index (χ4n) is 3.72. The van der Waals surface area contributed by atoms with Gasteiger partial charge in [0.2, 0.25) is 11.9 Å². The zero-order chi connectivity index (χ0) is 21.4. The van der Waals surface area contributed by atoms with E-state index in [0.29, 0.717) is 40.1 Å². The summed E-state index contributed by atoms with van der Waals surface area (Å²) < 4.78 is 12.6. The van der Waals surface area contributed by atoms with Crippen LogP contribution in [0, 0.1) is 6.92 Å². The Kier molecular flexibility index (Phi) is 4.91. The molecular formula is C22H23N5O3. The molecule has 2 aromatic carbocycles. The zero-order valence-corrected chi connectivity index (χ0v) is 17.3. The molecule has 1 atom stereocenters. The van der Waals surface area contributed by atoms with Gasteiger partial charge in [-0.05, 0) is 38.1 Å². The third-order valence-corrected chi connectivity index (χ3v) is 5.13. The van der Waals surface area contributed by atoms with E-state index in [2.05, 4.69) is 10.3 Å². The van der Waals surface area contributed by atoms with Gasteiger partial charge < -0.3 is 20.5 Å². The van der Waals surface area contributed by atoms with Crippen LogP contribution in [0.15, 0.2) is 53.7 Å². The second-order valence-corrected chi connectivity index (χ2v) is 7.11. The number of amides is 1. The summed E-state index contributed by atoms with van der Waals surface area (Å²) in [5.41, 5.74) is 9.46. The van der Waals surface area contributed by atoms with Crippen LogP contribution in [0.1, 0.15) is 24.1 Å². The maximum atomic E-state index is 12.4. The zero-order valence-electron chi connectivity index (χ0n) is 17.3. The van der Waals surface area contributed by atoms with Gasteiger partial charge in [0, 0.05) is 16.8 Å². The van der Waals surface area contributed by atoms with Gasteiger partial charge in [-0.25, -0.2) is 4.68 Å². The quantitative estimate of drug-likeness (QED) is 0.676. The number of primary amides is 1. The van der Waals surface area contributed by atoms with Crippen molar-refractivity contribution in [1.82, 2.24) is 14.8 Å². The molecule has 3 N–H and O–H groups in total. The minimum Gasteiger partial charge on any atom is -0.497 e. The summed E-state index contributed by atoms with van der Waals surface area (Å²) in [6, 6.07) is 12.7. The molecule has 4 rings (SSSR count). The molecule has 0 spiro atoms. The number of anilines is 1. The first-order valence-electron chi connectivity index (χ1n) is 9.46. The fraction of sp³-hybridized carbons (Fsp3) is 0.227. The van der Waals surface area contributed by atoms with Gasteiger partial charge in [-0.2, -0.15) is 4.98 Å².